The zero-order valence-corrected chi connectivity index (χ0v) is 53.3. The van der Waals surface area contributed by atoms with Crippen molar-refractivity contribution in [2.45, 2.75) is 84.1 Å². The van der Waals surface area contributed by atoms with Crippen molar-refractivity contribution in [3.8, 4) is 44.5 Å². The summed E-state index contributed by atoms with van der Waals surface area (Å²) in [5.41, 5.74) is 15.4. The summed E-state index contributed by atoms with van der Waals surface area (Å²) in [7, 11) is 1.21. The fourth-order valence-electron chi connectivity index (χ4n) is 12.0. The number of amides is 5. The van der Waals surface area contributed by atoms with Gasteiger partial charge in [0.05, 0.1) is 29.9 Å². The van der Waals surface area contributed by atoms with E-state index < -0.39 is 71.6 Å². The molecule has 0 spiro atoms. The summed E-state index contributed by atoms with van der Waals surface area (Å²) in [6.45, 7) is 8.90. The van der Waals surface area contributed by atoms with Crippen molar-refractivity contribution in [1.82, 2.24) is 46.5 Å². The zero-order chi connectivity index (χ0) is 65.8. The lowest BCUT2D eigenvalue weighted by molar-refractivity contribution is -0.144. The highest BCUT2D eigenvalue weighted by molar-refractivity contribution is 6.02. The number of esters is 1. The summed E-state index contributed by atoms with van der Waals surface area (Å²) < 4.78 is 4.83. The summed E-state index contributed by atoms with van der Waals surface area (Å²) in [5.74, 6) is -4.25. The minimum Gasteiger partial charge on any atom is -0.467 e. The van der Waals surface area contributed by atoms with Crippen molar-refractivity contribution in [2.24, 2.45) is 11.8 Å². The van der Waals surface area contributed by atoms with Crippen LogP contribution in [0.4, 0.5) is 0 Å². The van der Waals surface area contributed by atoms with Gasteiger partial charge in [0, 0.05) is 62.7 Å². The molecule has 11 rings (SSSR count). The quantitative estimate of drug-likeness (QED) is 0.0320. The fourth-order valence-corrected chi connectivity index (χ4v) is 12.0. The van der Waals surface area contributed by atoms with E-state index in [1.54, 1.807) is 26.0 Å². The average Bonchev–Trinajstić information content (AvgIpc) is 1.62. The van der Waals surface area contributed by atoms with Crippen LogP contribution in [0.25, 0.3) is 90.9 Å². The van der Waals surface area contributed by atoms with Gasteiger partial charge in [-0.1, -0.05) is 191 Å². The predicted molar refractivity (Wildman–Crippen MR) is 372 cm³/mol. The standard InChI is InChI=1S/C78H75N9O7/c1-47(2)44-65(76(91)87-72(48(3)4)77(92)86-67(46-51-24-14-8-15-25-51)75(90)85-66(45-50-22-12-7-13-23-50)74(89)79-49(5)78(93)94-6)84-73(88)56-34-32-55(33-35-56)71-63-42-40-61(82-63)69(53-28-18-10-19-29-53)59-38-36-57(80-59)68(52-26-16-9-17-27-52)58-37-39-60(81-58)70(54-30-20-11-21-31-54)62-41-43-64(71)83-62/h7-43,47-49,65-67,72,80,83H,44-46H2,1-6H3,(H,79,89)(H,84,88)(H,85,90)(H,86,92)(H,87,91)/t49?,65-,66-,67?,72?/m0/s1. The molecule has 2 aliphatic heterocycles. The molecule has 3 aromatic heterocycles. The third-order valence-electron chi connectivity index (χ3n) is 16.7. The Morgan fingerprint density at radius 3 is 1.12 bits per heavy atom. The number of H-pyrrole nitrogens is 2. The fraction of sp³-hybridized carbons (Fsp3) is 0.205. The van der Waals surface area contributed by atoms with Crippen LogP contribution in [0.2, 0.25) is 0 Å². The van der Waals surface area contributed by atoms with Gasteiger partial charge in [0.25, 0.3) is 5.91 Å². The lowest BCUT2D eigenvalue weighted by Crippen LogP contribution is -2.60. The van der Waals surface area contributed by atoms with Crippen molar-refractivity contribution in [1.29, 1.82) is 0 Å². The molecule has 3 unspecified atom stereocenters. The second-order valence-corrected chi connectivity index (χ2v) is 24.3. The first-order valence-corrected chi connectivity index (χ1v) is 31.7. The predicted octanol–water partition coefficient (Wildman–Crippen LogP) is 12.7. The maximum absolute atomic E-state index is 14.6. The number of fused-ring (bicyclic) bond motifs is 8. The van der Waals surface area contributed by atoms with E-state index in [-0.39, 0.29) is 25.2 Å². The van der Waals surface area contributed by atoms with E-state index in [1.165, 1.54) is 14.0 Å². The molecule has 5 heterocycles. The van der Waals surface area contributed by atoms with E-state index in [4.69, 9.17) is 14.7 Å². The molecule has 0 saturated carbocycles. The molecule has 0 saturated heterocycles. The Bertz CT molecular complexity index is 4430. The van der Waals surface area contributed by atoms with Crippen molar-refractivity contribution in [3.05, 3.63) is 240 Å². The molecular weight excluding hydrogens is 1170 g/mol. The lowest BCUT2D eigenvalue weighted by atomic mass is 9.98. The van der Waals surface area contributed by atoms with Crippen LogP contribution >= 0.6 is 0 Å². The van der Waals surface area contributed by atoms with Gasteiger partial charge in [0.1, 0.15) is 30.2 Å². The molecule has 2 aliphatic rings. The number of carbonyl (C=O) groups is 6. The molecule has 0 fully saturated rings. The first kappa shape index (κ1) is 64.3. The number of methoxy groups -OCH3 is 1. The molecule has 0 aliphatic carbocycles. The Kier molecular flexibility index (Phi) is 20.1. The number of rotatable bonds is 22. The van der Waals surface area contributed by atoms with Gasteiger partial charge in [-0.05, 0) is 119 Å². The Balaban J connectivity index is 0.902. The monoisotopic (exact) mass is 1250 g/mol. The Morgan fingerprint density at radius 1 is 0.394 bits per heavy atom. The van der Waals surface area contributed by atoms with E-state index in [0.717, 1.165) is 94.8 Å². The Labute approximate surface area is 546 Å². The van der Waals surface area contributed by atoms with Gasteiger partial charge in [-0.25, -0.2) is 14.8 Å². The zero-order valence-electron chi connectivity index (χ0n) is 53.3. The van der Waals surface area contributed by atoms with Gasteiger partial charge >= 0.3 is 5.97 Å². The van der Waals surface area contributed by atoms with Gasteiger partial charge in [0.15, 0.2) is 0 Å². The van der Waals surface area contributed by atoms with Crippen LogP contribution in [0.15, 0.2) is 200 Å². The molecule has 9 aromatic rings. The van der Waals surface area contributed by atoms with Crippen LogP contribution in [-0.4, -0.2) is 92.8 Å². The van der Waals surface area contributed by atoms with Crippen LogP contribution in [-0.2, 0) is 41.6 Å². The molecule has 5 amide bonds. The lowest BCUT2D eigenvalue weighted by Gasteiger charge is -2.29. The van der Waals surface area contributed by atoms with Crippen LogP contribution in [0, 0.1) is 11.8 Å². The maximum atomic E-state index is 14.6. The minimum absolute atomic E-state index is 0.0371. The van der Waals surface area contributed by atoms with Gasteiger partial charge in [-0.2, -0.15) is 0 Å². The minimum atomic E-state index is -1.22. The number of benzene rings is 6. The number of nitrogens with zero attached hydrogens (tertiary/aromatic N) is 2. The van der Waals surface area contributed by atoms with Gasteiger partial charge in [-0.15, -0.1) is 0 Å². The number of aromatic amines is 2. The molecule has 16 nitrogen and oxygen atoms in total. The summed E-state index contributed by atoms with van der Waals surface area (Å²) in [5, 5.41) is 14.3. The molecule has 7 N–H and O–H groups in total. The van der Waals surface area contributed by atoms with Crippen LogP contribution in [0.1, 0.15) is 85.3 Å². The molecular formula is C78H75N9O7. The maximum Gasteiger partial charge on any atom is 0.328 e. The van der Waals surface area contributed by atoms with E-state index in [1.807, 2.05) is 159 Å². The van der Waals surface area contributed by atoms with Crippen molar-refractivity contribution < 1.29 is 33.5 Å². The van der Waals surface area contributed by atoms with E-state index in [0.29, 0.717) is 11.3 Å². The first-order chi connectivity index (χ1) is 45.6. The largest absolute Gasteiger partial charge is 0.467 e. The van der Waals surface area contributed by atoms with Crippen molar-refractivity contribution in [2.75, 3.05) is 7.11 Å². The average molecular weight is 1250 g/mol. The molecule has 6 aromatic carbocycles. The van der Waals surface area contributed by atoms with Crippen LogP contribution in [0.3, 0.4) is 0 Å². The van der Waals surface area contributed by atoms with E-state index in [2.05, 4.69) is 103 Å². The number of hydrogen-bond donors (Lipinski definition) is 7. The van der Waals surface area contributed by atoms with E-state index >= 15 is 0 Å². The first-order valence-electron chi connectivity index (χ1n) is 31.7. The highest BCUT2D eigenvalue weighted by Crippen LogP contribution is 2.38. The Hall–Kier alpha value is -11.3. The summed E-state index contributed by atoms with van der Waals surface area (Å²) in [4.78, 5) is 103. The Morgan fingerprint density at radius 2 is 0.745 bits per heavy atom. The van der Waals surface area contributed by atoms with Crippen molar-refractivity contribution >= 4 is 81.9 Å². The second kappa shape index (κ2) is 29.4. The number of carbonyl (C=O) groups excluding carboxylic acids is 6. The molecule has 0 radical (unpaired) electrons. The topological polar surface area (TPSA) is 229 Å². The third-order valence-corrected chi connectivity index (χ3v) is 16.7. The molecule has 8 bridgehead atoms. The molecule has 5 atom stereocenters. The number of nitrogens with one attached hydrogen (secondary N) is 7. The van der Waals surface area contributed by atoms with Crippen LogP contribution in [0.5, 0.6) is 0 Å². The summed E-state index contributed by atoms with van der Waals surface area (Å²) in [6, 6.07) is 58.7. The highest BCUT2D eigenvalue weighted by Gasteiger charge is 2.34. The third kappa shape index (κ3) is 15.0. The van der Waals surface area contributed by atoms with Crippen LogP contribution < -0.4 is 26.6 Å². The smallest absolute Gasteiger partial charge is 0.328 e. The SMILES string of the molecule is COC(=O)C(C)NC(=O)[C@H](Cc1ccccc1)NC(=O)C(Cc1ccccc1)NC(=O)C(NC(=O)[C@H](CC(C)C)NC(=O)c1ccc(-c2c3nc(c(-c4ccccc4)c4ccc([nH]4)c(-c4ccccc4)c4nc(c(-c5ccccc5)c5ccc2[nH]5)C=C4)C=C3)cc1)C(C)C. The van der Waals surface area contributed by atoms with E-state index in [9.17, 15) is 28.8 Å². The number of ether oxygens (including phenoxy) is 1. The highest BCUT2D eigenvalue weighted by atomic mass is 16.5. The van der Waals surface area contributed by atoms with Crippen molar-refractivity contribution in [3.63, 3.8) is 0 Å². The molecule has 474 valence electrons. The van der Waals surface area contributed by atoms with Gasteiger partial charge < -0.3 is 41.3 Å². The summed E-state index contributed by atoms with van der Waals surface area (Å²) in [6.07, 6.45) is 8.54. The van der Waals surface area contributed by atoms with Gasteiger partial charge in [0.2, 0.25) is 23.6 Å². The normalized spacial score (nSPS) is 13.3. The number of aromatic nitrogens is 4. The second-order valence-electron chi connectivity index (χ2n) is 24.3. The molecule has 16 heteroatoms. The molecule has 94 heavy (non-hydrogen) atoms. The summed E-state index contributed by atoms with van der Waals surface area (Å²) >= 11 is 0. The number of hydrogen-bond acceptors (Lipinski definition) is 9. The van der Waals surface area contributed by atoms with Gasteiger partial charge in [-0.3, -0.25) is 24.0 Å².